The highest BCUT2D eigenvalue weighted by Gasteiger charge is 2.26. The van der Waals surface area contributed by atoms with Crippen LogP contribution in [0.15, 0.2) is 47.2 Å². The fourth-order valence-electron chi connectivity index (χ4n) is 2.66. The van der Waals surface area contributed by atoms with E-state index in [1.54, 1.807) is 12.1 Å². The Bertz CT molecular complexity index is 681. The fraction of sp³-hybridized carbons (Fsp3) is 0.421. The van der Waals surface area contributed by atoms with Gasteiger partial charge in [0.15, 0.2) is 5.76 Å². The van der Waals surface area contributed by atoms with Gasteiger partial charge in [-0.25, -0.2) is 0 Å². The molecule has 1 aromatic rings. The Balaban J connectivity index is 2.36. The van der Waals surface area contributed by atoms with Crippen LogP contribution in [-0.4, -0.2) is 37.4 Å². The molecule has 1 aliphatic carbocycles. The van der Waals surface area contributed by atoms with Gasteiger partial charge < -0.3 is 30.4 Å². The Kier molecular flexibility index (Phi) is 7.35. The first kappa shape index (κ1) is 19.7. The first-order chi connectivity index (χ1) is 12.6. The molecule has 0 fully saturated rings. The highest BCUT2D eigenvalue weighted by Crippen LogP contribution is 2.33. The predicted octanol–water partition coefficient (Wildman–Crippen LogP) is 2.68. The van der Waals surface area contributed by atoms with Gasteiger partial charge in [-0.3, -0.25) is 5.41 Å². The molecule has 0 radical (unpaired) electrons. The number of nitrogens with two attached hydrogens (primary N) is 1. The lowest BCUT2D eigenvalue weighted by Gasteiger charge is -2.26. The summed E-state index contributed by atoms with van der Waals surface area (Å²) in [6, 6.07) is 7.23. The minimum absolute atomic E-state index is 0.0222. The molecule has 7 heteroatoms. The molecule has 2 rings (SSSR count). The molecule has 26 heavy (non-hydrogen) atoms. The van der Waals surface area contributed by atoms with Crippen LogP contribution in [0.2, 0.25) is 0 Å². The minimum Gasteiger partial charge on any atom is -0.494 e. The lowest BCUT2D eigenvalue weighted by atomic mass is 10.1. The standard InChI is InChI=1S/C19H27N3O4/c1-3-24-16-10-9-15(26-12-11-23)17(18(16)25-4-2)22-14-7-5-13(6-8-14)19(20)21/h5-8,22-23H,3-4,9-12H2,1-2H3,(H3,20,21). The van der Waals surface area contributed by atoms with Crippen molar-refractivity contribution < 1.29 is 19.3 Å². The molecular formula is C19H27N3O4. The van der Waals surface area contributed by atoms with Gasteiger partial charge in [-0.2, -0.15) is 0 Å². The average molecular weight is 361 g/mol. The number of nitrogen functional groups attached to an aromatic ring is 1. The van der Waals surface area contributed by atoms with Crippen molar-refractivity contribution >= 4 is 11.5 Å². The monoisotopic (exact) mass is 361 g/mol. The van der Waals surface area contributed by atoms with Crippen molar-refractivity contribution in [2.75, 3.05) is 31.7 Å². The minimum atomic E-state index is -0.0594. The van der Waals surface area contributed by atoms with Gasteiger partial charge in [0.1, 0.15) is 29.7 Å². The second-order valence-corrected chi connectivity index (χ2v) is 5.60. The number of rotatable bonds is 10. The van der Waals surface area contributed by atoms with E-state index in [4.69, 9.17) is 30.5 Å². The molecule has 0 saturated heterocycles. The number of anilines is 1. The topological polar surface area (TPSA) is 110 Å². The van der Waals surface area contributed by atoms with Crippen molar-refractivity contribution in [3.05, 3.63) is 52.8 Å². The number of hydrogen-bond acceptors (Lipinski definition) is 6. The quantitative estimate of drug-likeness (QED) is 0.377. The molecule has 5 N–H and O–H groups in total. The van der Waals surface area contributed by atoms with E-state index >= 15 is 0 Å². The van der Waals surface area contributed by atoms with Crippen molar-refractivity contribution in [2.45, 2.75) is 26.7 Å². The smallest absolute Gasteiger partial charge is 0.183 e. The normalized spacial score (nSPS) is 14.3. The number of aliphatic hydroxyl groups is 1. The lowest BCUT2D eigenvalue weighted by molar-refractivity contribution is 0.119. The van der Waals surface area contributed by atoms with Crippen LogP contribution in [0.4, 0.5) is 5.69 Å². The zero-order chi connectivity index (χ0) is 18.9. The number of nitrogens with one attached hydrogen (secondary N) is 2. The first-order valence-electron chi connectivity index (χ1n) is 8.78. The highest BCUT2D eigenvalue weighted by atomic mass is 16.5. The summed E-state index contributed by atoms with van der Waals surface area (Å²) in [6.45, 7) is 5.06. The summed E-state index contributed by atoms with van der Waals surface area (Å²) < 4.78 is 17.3. The van der Waals surface area contributed by atoms with Crippen LogP contribution in [0.1, 0.15) is 32.3 Å². The highest BCUT2D eigenvalue weighted by molar-refractivity contribution is 5.95. The Labute approximate surface area is 154 Å². The van der Waals surface area contributed by atoms with E-state index < -0.39 is 0 Å². The molecule has 0 aromatic heterocycles. The maximum absolute atomic E-state index is 9.09. The average Bonchev–Trinajstić information content (AvgIpc) is 2.64. The molecule has 0 amide bonds. The number of allylic oxidation sites excluding steroid dienone is 2. The maximum Gasteiger partial charge on any atom is 0.183 e. The number of hydrogen-bond donors (Lipinski definition) is 4. The summed E-state index contributed by atoms with van der Waals surface area (Å²) in [5, 5.41) is 19.9. The van der Waals surface area contributed by atoms with E-state index in [1.807, 2.05) is 26.0 Å². The van der Waals surface area contributed by atoms with Crippen molar-refractivity contribution in [3.63, 3.8) is 0 Å². The summed E-state index contributed by atoms with van der Waals surface area (Å²) in [4.78, 5) is 0. The van der Waals surface area contributed by atoms with Crippen LogP contribution in [0, 0.1) is 5.41 Å². The molecule has 0 atom stereocenters. The zero-order valence-corrected chi connectivity index (χ0v) is 15.3. The van der Waals surface area contributed by atoms with Crippen LogP contribution in [-0.2, 0) is 14.2 Å². The Morgan fingerprint density at radius 1 is 1.08 bits per heavy atom. The van der Waals surface area contributed by atoms with E-state index in [1.165, 1.54) is 0 Å². The molecule has 1 aliphatic rings. The molecule has 0 spiro atoms. The van der Waals surface area contributed by atoms with E-state index in [2.05, 4.69) is 5.32 Å². The third kappa shape index (κ3) is 4.92. The predicted molar refractivity (Wildman–Crippen MR) is 101 cm³/mol. The van der Waals surface area contributed by atoms with E-state index in [0.717, 1.165) is 17.2 Å². The molecule has 0 saturated carbocycles. The molecule has 0 heterocycles. The number of amidine groups is 1. The van der Waals surface area contributed by atoms with Gasteiger partial charge in [0.05, 0.1) is 19.8 Å². The maximum atomic E-state index is 9.09. The summed E-state index contributed by atoms with van der Waals surface area (Å²) in [5.41, 5.74) is 7.67. The van der Waals surface area contributed by atoms with E-state index in [-0.39, 0.29) is 19.0 Å². The Morgan fingerprint density at radius 3 is 2.31 bits per heavy atom. The van der Waals surface area contributed by atoms with Crippen molar-refractivity contribution in [3.8, 4) is 0 Å². The number of ether oxygens (including phenoxy) is 3. The second kappa shape index (κ2) is 9.72. The summed E-state index contributed by atoms with van der Waals surface area (Å²) in [5.74, 6) is 2.16. The van der Waals surface area contributed by atoms with Crippen LogP contribution >= 0.6 is 0 Å². The van der Waals surface area contributed by atoms with Gasteiger partial charge in [-0.05, 0) is 38.1 Å². The molecule has 7 nitrogen and oxygen atoms in total. The van der Waals surface area contributed by atoms with Gasteiger partial charge in [-0.1, -0.05) is 0 Å². The molecule has 0 bridgehead atoms. The second-order valence-electron chi connectivity index (χ2n) is 5.60. The van der Waals surface area contributed by atoms with E-state index in [0.29, 0.717) is 43.1 Å². The largest absolute Gasteiger partial charge is 0.494 e. The lowest BCUT2D eigenvalue weighted by Crippen LogP contribution is -2.19. The SMILES string of the molecule is CCOC1=C(OCC)C(Nc2ccc(C(=N)N)cc2)=C(OCCO)CC1. The Hall–Kier alpha value is -2.67. The number of benzene rings is 1. The van der Waals surface area contributed by atoms with Crippen LogP contribution in [0.5, 0.6) is 0 Å². The van der Waals surface area contributed by atoms with Gasteiger partial charge >= 0.3 is 0 Å². The summed E-state index contributed by atoms with van der Waals surface area (Å²) >= 11 is 0. The number of aliphatic hydroxyl groups excluding tert-OH is 1. The third-order valence-corrected chi connectivity index (χ3v) is 3.78. The molecule has 0 unspecified atom stereocenters. The van der Waals surface area contributed by atoms with Crippen LogP contribution in [0.3, 0.4) is 0 Å². The summed E-state index contributed by atoms with van der Waals surface area (Å²) in [7, 11) is 0. The van der Waals surface area contributed by atoms with E-state index in [9.17, 15) is 0 Å². The zero-order valence-electron chi connectivity index (χ0n) is 15.3. The van der Waals surface area contributed by atoms with Crippen LogP contribution in [0.25, 0.3) is 0 Å². The Morgan fingerprint density at radius 2 is 1.73 bits per heavy atom. The molecule has 1 aromatic carbocycles. The van der Waals surface area contributed by atoms with Gasteiger partial charge in [0.2, 0.25) is 0 Å². The van der Waals surface area contributed by atoms with Crippen molar-refractivity contribution in [1.29, 1.82) is 5.41 Å². The fourth-order valence-corrected chi connectivity index (χ4v) is 2.66. The summed E-state index contributed by atoms with van der Waals surface area (Å²) in [6.07, 6.45) is 1.33. The van der Waals surface area contributed by atoms with Gasteiger partial charge in [0, 0.05) is 24.1 Å². The van der Waals surface area contributed by atoms with Crippen molar-refractivity contribution in [1.82, 2.24) is 0 Å². The third-order valence-electron chi connectivity index (χ3n) is 3.78. The molecule has 0 aliphatic heterocycles. The molecule has 142 valence electrons. The van der Waals surface area contributed by atoms with Crippen LogP contribution < -0.4 is 11.1 Å². The van der Waals surface area contributed by atoms with Crippen molar-refractivity contribution in [2.24, 2.45) is 5.73 Å². The van der Waals surface area contributed by atoms with Gasteiger partial charge in [0.25, 0.3) is 0 Å². The first-order valence-corrected chi connectivity index (χ1v) is 8.78. The molecular weight excluding hydrogens is 334 g/mol. The van der Waals surface area contributed by atoms with Gasteiger partial charge in [-0.15, -0.1) is 0 Å².